The molecule has 1 saturated heterocycles. The summed E-state index contributed by atoms with van der Waals surface area (Å²) in [5.74, 6) is 1.54. The molecule has 1 aliphatic heterocycles. The van der Waals surface area contributed by atoms with Crippen molar-refractivity contribution in [2.24, 2.45) is 5.92 Å². The summed E-state index contributed by atoms with van der Waals surface area (Å²) in [4.78, 5) is 26.4. The van der Waals surface area contributed by atoms with Gasteiger partial charge < -0.3 is 20.0 Å². The third-order valence-corrected chi connectivity index (χ3v) is 4.80. The predicted molar refractivity (Wildman–Crippen MR) is 105 cm³/mol. The summed E-state index contributed by atoms with van der Waals surface area (Å²) in [7, 11) is 0. The molecule has 2 aromatic rings. The molecule has 0 spiro atoms. The minimum atomic E-state index is -0.252. The van der Waals surface area contributed by atoms with Crippen LogP contribution in [0.25, 0.3) is 0 Å². The average Bonchev–Trinajstić information content (AvgIpc) is 3.19. The quantitative estimate of drug-likeness (QED) is 0.758. The van der Waals surface area contributed by atoms with Gasteiger partial charge in [-0.05, 0) is 61.6 Å². The first-order valence-electron chi connectivity index (χ1n) is 9.58. The van der Waals surface area contributed by atoms with E-state index in [4.69, 9.17) is 4.42 Å². The van der Waals surface area contributed by atoms with Crippen LogP contribution in [0.4, 0.5) is 10.5 Å². The summed E-state index contributed by atoms with van der Waals surface area (Å²) in [5, 5.41) is 5.61. The monoisotopic (exact) mass is 369 g/mol. The van der Waals surface area contributed by atoms with E-state index in [-0.39, 0.29) is 11.9 Å². The number of aryl methyl sites for hydroxylation is 1. The molecule has 0 saturated carbocycles. The maximum absolute atomic E-state index is 12.6. The molecule has 1 aromatic heterocycles. The summed E-state index contributed by atoms with van der Waals surface area (Å²) in [5.41, 5.74) is 1.33. The average molecular weight is 369 g/mol. The minimum Gasteiger partial charge on any atom is -0.469 e. The number of anilines is 1. The predicted octanol–water partition coefficient (Wildman–Crippen LogP) is 3.91. The first-order chi connectivity index (χ1) is 13.1. The normalized spacial score (nSPS) is 16.8. The van der Waals surface area contributed by atoms with Gasteiger partial charge in [-0.3, -0.25) is 4.79 Å². The van der Waals surface area contributed by atoms with Crippen LogP contribution in [0.3, 0.4) is 0 Å². The van der Waals surface area contributed by atoms with E-state index in [0.29, 0.717) is 23.7 Å². The zero-order valence-corrected chi connectivity index (χ0v) is 15.7. The van der Waals surface area contributed by atoms with Crippen LogP contribution >= 0.6 is 0 Å². The number of carbonyl (C=O) groups excluding carboxylic acids is 2. The van der Waals surface area contributed by atoms with E-state index in [1.807, 2.05) is 17.0 Å². The van der Waals surface area contributed by atoms with E-state index in [9.17, 15) is 9.59 Å². The maximum atomic E-state index is 12.6. The fourth-order valence-corrected chi connectivity index (χ4v) is 3.35. The number of carbonyl (C=O) groups is 2. The number of benzene rings is 1. The third kappa shape index (κ3) is 5.61. The van der Waals surface area contributed by atoms with Gasteiger partial charge in [0.05, 0.1) is 6.26 Å². The van der Waals surface area contributed by atoms with E-state index >= 15 is 0 Å². The van der Waals surface area contributed by atoms with Crippen molar-refractivity contribution in [2.45, 2.75) is 32.6 Å². The van der Waals surface area contributed by atoms with Crippen LogP contribution in [-0.4, -0.2) is 36.5 Å². The molecule has 1 atom stereocenters. The number of furan rings is 1. The second-order valence-electron chi connectivity index (χ2n) is 7.14. The first kappa shape index (κ1) is 19.0. The summed E-state index contributed by atoms with van der Waals surface area (Å²) in [6.45, 7) is 4.39. The Labute approximate surface area is 159 Å². The summed E-state index contributed by atoms with van der Waals surface area (Å²) in [6.07, 6.45) is 5.49. The molecule has 0 bridgehead atoms. The third-order valence-electron chi connectivity index (χ3n) is 4.80. The highest BCUT2D eigenvalue weighted by molar-refractivity contribution is 5.95. The molecule has 0 radical (unpaired) electrons. The molecule has 144 valence electrons. The Balaban J connectivity index is 1.42. The van der Waals surface area contributed by atoms with Crippen molar-refractivity contribution < 1.29 is 14.0 Å². The number of amides is 3. The minimum absolute atomic E-state index is 0.0653. The second-order valence-corrected chi connectivity index (χ2v) is 7.14. The van der Waals surface area contributed by atoms with Crippen LogP contribution in [0, 0.1) is 5.92 Å². The molecule has 3 rings (SSSR count). The number of hydrogen-bond donors (Lipinski definition) is 2. The second kappa shape index (κ2) is 9.26. The lowest BCUT2D eigenvalue weighted by atomic mass is 9.99. The van der Waals surface area contributed by atoms with E-state index in [1.165, 1.54) is 6.42 Å². The molecule has 1 fully saturated rings. The van der Waals surface area contributed by atoms with Crippen molar-refractivity contribution in [1.82, 2.24) is 10.2 Å². The Morgan fingerprint density at radius 2 is 2.04 bits per heavy atom. The standard InChI is InChI=1S/C21H27N3O3/c1-16-5-3-13-24(15-16)20(25)17-8-10-18(11-9-17)23-21(26)22-12-2-6-19-7-4-14-27-19/h4,7-11,14,16H,2-3,5-6,12-13,15H2,1H3,(H2,22,23,26)/t16-/m0/s1. The zero-order chi connectivity index (χ0) is 19.1. The number of urea groups is 1. The number of nitrogens with zero attached hydrogens (tertiary/aromatic N) is 1. The molecular weight excluding hydrogens is 342 g/mol. The highest BCUT2D eigenvalue weighted by Crippen LogP contribution is 2.19. The smallest absolute Gasteiger partial charge is 0.319 e. The number of nitrogens with one attached hydrogen (secondary N) is 2. The van der Waals surface area contributed by atoms with Crippen molar-refractivity contribution in [1.29, 1.82) is 0 Å². The van der Waals surface area contributed by atoms with Gasteiger partial charge in [0.25, 0.3) is 5.91 Å². The molecule has 0 aliphatic carbocycles. The van der Waals surface area contributed by atoms with E-state index in [0.717, 1.165) is 38.1 Å². The molecule has 27 heavy (non-hydrogen) atoms. The number of hydrogen-bond acceptors (Lipinski definition) is 3. The summed E-state index contributed by atoms with van der Waals surface area (Å²) in [6, 6.07) is 10.6. The lowest BCUT2D eigenvalue weighted by Gasteiger charge is -2.31. The SMILES string of the molecule is C[C@H]1CCCN(C(=O)c2ccc(NC(=O)NCCCc3ccco3)cc2)C1. The highest BCUT2D eigenvalue weighted by atomic mass is 16.3. The number of rotatable bonds is 6. The molecule has 2 N–H and O–H groups in total. The number of likely N-dealkylation sites (tertiary alicyclic amines) is 1. The van der Waals surface area contributed by atoms with E-state index in [1.54, 1.807) is 30.5 Å². The van der Waals surface area contributed by atoms with Crippen LogP contribution in [-0.2, 0) is 6.42 Å². The van der Waals surface area contributed by atoms with Crippen LogP contribution in [0.5, 0.6) is 0 Å². The molecule has 1 aromatic carbocycles. The van der Waals surface area contributed by atoms with E-state index in [2.05, 4.69) is 17.6 Å². The number of piperidine rings is 1. The Kier molecular flexibility index (Phi) is 6.52. The summed E-state index contributed by atoms with van der Waals surface area (Å²) >= 11 is 0. The van der Waals surface area contributed by atoms with Gasteiger partial charge in [0, 0.05) is 37.3 Å². The van der Waals surface area contributed by atoms with Gasteiger partial charge in [0.2, 0.25) is 0 Å². The Hall–Kier alpha value is -2.76. The van der Waals surface area contributed by atoms with Crippen molar-refractivity contribution in [3.63, 3.8) is 0 Å². The Bertz CT molecular complexity index is 741. The lowest BCUT2D eigenvalue weighted by molar-refractivity contribution is 0.0683. The van der Waals surface area contributed by atoms with Gasteiger partial charge in [0.15, 0.2) is 0 Å². The van der Waals surface area contributed by atoms with E-state index < -0.39 is 0 Å². The van der Waals surface area contributed by atoms with Crippen LogP contribution in [0.15, 0.2) is 47.1 Å². The van der Waals surface area contributed by atoms with Crippen molar-refractivity contribution in [2.75, 3.05) is 25.0 Å². The van der Waals surface area contributed by atoms with Crippen molar-refractivity contribution >= 4 is 17.6 Å². The summed E-state index contributed by atoms with van der Waals surface area (Å²) < 4.78 is 5.26. The molecule has 6 heteroatoms. The van der Waals surface area contributed by atoms with Gasteiger partial charge >= 0.3 is 6.03 Å². The molecule has 3 amide bonds. The maximum Gasteiger partial charge on any atom is 0.319 e. The van der Waals surface area contributed by atoms with Crippen LogP contribution < -0.4 is 10.6 Å². The highest BCUT2D eigenvalue weighted by Gasteiger charge is 2.21. The largest absolute Gasteiger partial charge is 0.469 e. The van der Waals surface area contributed by atoms with Crippen LogP contribution in [0.2, 0.25) is 0 Å². The fraction of sp³-hybridized carbons (Fsp3) is 0.429. The zero-order valence-electron chi connectivity index (χ0n) is 15.7. The molecular formula is C21H27N3O3. The molecule has 2 heterocycles. The lowest BCUT2D eigenvalue weighted by Crippen LogP contribution is -2.39. The molecule has 0 unspecified atom stereocenters. The van der Waals surface area contributed by atoms with Crippen molar-refractivity contribution in [3.05, 3.63) is 54.0 Å². The topological polar surface area (TPSA) is 74.6 Å². The van der Waals surface area contributed by atoms with Gasteiger partial charge in [-0.1, -0.05) is 6.92 Å². The first-order valence-corrected chi connectivity index (χ1v) is 9.58. The van der Waals surface area contributed by atoms with Crippen molar-refractivity contribution in [3.8, 4) is 0 Å². The van der Waals surface area contributed by atoms with Gasteiger partial charge in [-0.15, -0.1) is 0 Å². The van der Waals surface area contributed by atoms with Crippen LogP contribution in [0.1, 0.15) is 42.3 Å². The van der Waals surface area contributed by atoms with Gasteiger partial charge in [-0.25, -0.2) is 4.79 Å². The molecule has 1 aliphatic rings. The fourth-order valence-electron chi connectivity index (χ4n) is 3.35. The Morgan fingerprint density at radius 3 is 2.74 bits per heavy atom. The Morgan fingerprint density at radius 1 is 1.22 bits per heavy atom. The van der Waals surface area contributed by atoms with Gasteiger partial charge in [0.1, 0.15) is 5.76 Å². The molecule has 6 nitrogen and oxygen atoms in total. The van der Waals surface area contributed by atoms with Gasteiger partial charge in [-0.2, -0.15) is 0 Å².